The van der Waals surface area contributed by atoms with Crippen LogP contribution in [0.25, 0.3) is 6.08 Å². The minimum atomic E-state index is -0.374. The van der Waals surface area contributed by atoms with E-state index in [4.69, 9.17) is 9.47 Å². The largest absolute Gasteiger partial charge is 0.497 e. The van der Waals surface area contributed by atoms with Crippen LogP contribution in [0.1, 0.15) is 5.56 Å². The number of methoxy groups -OCH3 is 2. The second kappa shape index (κ2) is 10.5. The van der Waals surface area contributed by atoms with Crippen molar-refractivity contribution < 1.29 is 19.1 Å². The summed E-state index contributed by atoms with van der Waals surface area (Å²) in [7, 11) is 3.13. The van der Waals surface area contributed by atoms with Gasteiger partial charge in [-0.05, 0) is 48.5 Å². The number of carbonyl (C=O) groups is 2. The number of para-hydroxylation sites is 1. The number of hydrogen-bond donors (Lipinski definition) is 3. The summed E-state index contributed by atoms with van der Waals surface area (Å²) < 4.78 is 10.5. The van der Waals surface area contributed by atoms with Gasteiger partial charge in [-0.25, -0.2) is 4.79 Å². The molecule has 0 heterocycles. The molecule has 0 radical (unpaired) electrons. The van der Waals surface area contributed by atoms with Crippen LogP contribution < -0.4 is 25.4 Å². The molecule has 0 unspecified atom stereocenters. The maximum absolute atomic E-state index is 12.3. The van der Waals surface area contributed by atoms with Gasteiger partial charge < -0.3 is 25.4 Å². The van der Waals surface area contributed by atoms with Gasteiger partial charge >= 0.3 is 6.03 Å². The molecule has 3 aromatic carbocycles. The van der Waals surface area contributed by atoms with E-state index in [1.807, 2.05) is 18.2 Å². The average molecular weight is 417 g/mol. The Morgan fingerprint density at radius 1 is 0.742 bits per heavy atom. The van der Waals surface area contributed by atoms with Crippen molar-refractivity contribution in [1.29, 1.82) is 0 Å². The van der Waals surface area contributed by atoms with E-state index in [0.29, 0.717) is 28.6 Å². The summed E-state index contributed by atoms with van der Waals surface area (Å²) in [5.41, 5.74) is 2.52. The fourth-order valence-corrected chi connectivity index (χ4v) is 2.80. The van der Waals surface area contributed by atoms with Gasteiger partial charge in [0, 0.05) is 34.8 Å². The Kier molecular flexibility index (Phi) is 7.26. The first-order chi connectivity index (χ1) is 15.1. The molecule has 3 amide bonds. The summed E-state index contributed by atoms with van der Waals surface area (Å²) in [6, 6.07) is 21.0. The van der Waals surface area contributed by atoms with Crippen molar-refractivity contribution >= 4 is 35.1 Å². The smallest absolute Gasteiger partial charge is 0.323 e. The van der Waals surface area contributed by atoms with Gasteiger partial charge in [-0.15, -0.1) is 0 Å². The Balaban J connectivity index is 1.61. The van der Waals surface area contributed by atoms with E-state index in [-0.39, 0.29) is 11.9 Å². The van der Waals surface area contributed by atoms with E-state index in [1.165, 1.54) is 6.08 Å². The fourth-order valence-electron chi connectivity index (χ4n) is 2.80. The normalized spacial score (nSPS) is 10.4. The molecule has 0 bridgehead atoms. The highest BCUT2D eigenvalue weighted by Gasteiger charge is 2.06. The molecule has 0 aromatic heterocycles. The first-order valence-electron chi connectivity index (χ1n) is 9.51. The molecule has 7 nitrogen and oxygen atoms in total. The molecule has 158 valence electrons. The molecule has 3 aromatic rings. The van der Waals surface area contributed by atoms with Crippen molar-refractivity contribution in [2.75, 3.05) is 30.2 Å². The third-order valence-electron chi connectivity index (χ3n) is 4.27. The van der Waals surface area contributed by atoms with Crippen LogP contribution in [0.5, 0.6) is 11.5 Å². The monoisotopic (exact) mass is 417 g/mol. The van der Waals surface area contributed by atoms with Gasteiger partial charge in [-0.2, -0.15) is 0 Å². The molecule has 3 rings (SSSR count). The molecular weight excluding hydrogens is 394 g/mol. The van der Waals surface area contributed by atoms with E-state index in [9.17, 15) is 9.59 Å². The molecule has 0 aliphatic rings. The third kappa shape index (κ3) is 6.37. The number of nitrogens with one attached hydrogen (secondary N) is 3. The van der Waals surface area contributed by atoms with Crippen LogP contribution in [0.2, 0.25) is 0 Å². The van der Waals surface area contributed by atoms with Crippen molar-refractivity contribution in [1.82, 2.24) is 0 Å². The maximum Gasteiger partial charge on any atom is 0.323 e. The highest BCUT2D eigenvalue weighted by molar-refractivity contribution is 6.03. The lowest BCUT2D eigenvalue weighted by Crippen LogP contribution is -2.19. The van der Waals surface area contributed by atoms with Gasteiger partial charge in [0.1, 0.15) is 11.5 Å². The molecule has 3 N–H and O–H groups in total. The number of carbonyl (C=O) groups excluding carboxylic acids is 2. The van der Waals surface area contributed by atoms with Crippen molar-refractivity contribution in [3.05, 3.63) is 84.4 Å². The summed E-state index contributed by atoms with van der Waals surface area (Å²) in [5, 5.41) is 8.25. The maximum atomic E-state index is 12.3. The third-order valence-corrected chi connectivity index (χ3v) is 4.27. The lowest BCUT2D eigenvalue weighted by molar-refractivity contribution is -0.111. The second-order valence-corrected chi connectivity index (χ2v) is 6.46. The van der Waals surface area contributed by atoms with Crippen molar-refractivity contribution in [2.24, 2.45) is 0 Å². The summed E-state index contributed by atoms with van der Waals surface area (Å²) in [6.45, 7) is 0. The van der Waals surface area contributed by atoms with E-state index >= 15 is 0 Å². The number of ether oxygens (including phenoxy) is 2. The molecule has 0 aliphatic heterocycles. The van der Waals surface area contributed by atoms with Crippen molar-refractivity contribution in [2.45, 2.75) is 0 Å². The average Bonchev–Trinajstić information content (AvgIpc) is 2.78. The lowest BCUT2D eigenvalue weighted by Gasteiger charge is -2.09. The first-order valence-corrected chi connectivity index (χ1v) is 9.51. The second-order valence-electron chi connectivity index (χ2n) is 6.46. The van der Waals surface area contributed by atoms with Crippen LogP contribution in [0, 0.1) is 0 Å². The van der Waals surface area contributed by atoms with Gasteiger partial charge in [0.2, 0.25) is 5.91 Å². The predicted octanol–water partition coefficient (Wildman–Crippen LogP) is 5.00. The number of amides is 3. The number of urea groups is 1. The molecule has 31 heavy (non-hydrogen) atoms. The number of rotatable bonds is 7. The Morgan fingerprint density at radius 2 is 1.42 bits per heavy atom. The molecule has 7 heteroatoms. The molecule has 0 aliphatic carbocycles. The van der Waals surface area contributed by atoms with Gasteiger partial charge in [-0.3, -0.25) is 4.79 Å². The summed E-state index contributed by atoms with van der Waals surface area (Å²) in [6.07, 6.45) is 3.07. The fraction of sp³-hybridized carbons (Fsp3) is 0.0833. The highest BCUT2D eigenvalue weighted by atomic mass is 16.5. The number of anilines is 3. The molecule has 0 atom stereocenters. The predicted molar refractivity (Wildman–Crippen MR) is 123 cm³/mol. The summed E-state index contributed by atoms with van der Waals surface area (Å²) in [4.78, 5) is 24.5. The topological polar surface area (TPSA) is 88.7 Å². The summed E-state index contributed by atoms with van der Waals surface area (Å²) in [5.74, 6) is 0.946. The van der Waals surface area contributed by atoms with E-state index in [1.54, 1.807) is 74.9 Å². The zero-order valence-corrected chi connectivity index (χ0v) is 17.2. The van der Waals surface area contributed by atoms with Crippen LogP contribution in [-0.4, -0.2) is 26.2 Å². The number of benzene rings is 3. The van der Waals surface area contributed by atoms with Gasteiger partial charge in [0.05, 0.1) is 14.2 Å². The molecule has 0 fully saturated rings. The molecular formula is C24H23N3O4. The Bertz CT molecular complexity index is 1080. The SMILES string of the molecule is COc1ccc(/C=C/C(=O)Nc2cccc(NC(=O)Nc3ccccc3)c2)c(OC)c1. The van der Waals surface area contributed by atoms with Crippen LogP contribution in [0.15, 0.2) is 78.9 Å². The van der Waals surface area contributed by atoms with Crippen molar-refractivity contribution in [3.63, 3.8) is 0 Å². The van der Waals surface area contributed by atoms with E-state index in [0.717, 1.165) is 5.56 Å². The van der Waals surface area contributed by atoms with E-state index < -0.39 is 0 Å². The van der Waals surface area contributed by atoms with Crippen LogP contribution in [-0.2, 0) is 4.79 Å². The van der Waals surface area contributed by atoms with Gasteiger partial charge in [-0.1, -0.05) is 24.3 Å². The van der Waals surface area contributed by atoms with Crippen LogP contribution in [0.4, 0.5) is 21.9 Å². The minimum absolute atomic E-state index is 0.316. The van der Waals surface area contributed by atoms with Crippen LogP contribution in [0.3, 0.4) is 0 Å². The minimum Gasteiger partial charge on any atom is -0.497 e. The Labute approximate surface area is 180 Å². The highest BCUT2D eigenvalue weighted by Crippen LogP contribution is 2.25. The summed E-state index contributed by atoms with van der Waals surface area (Å²) >= 11 is 0. The van der Waals surface area contributed by atoms with E-state index in [2.05, 4.69) is 16.0 Å². The standard InChI is InChI=1S/C24H23N3O4/c1-30-21-13-11-17(22(16-21)31-2)12-14-23(28)25-19-9-6-10-20(15-19)27-24(29)26-18-7-4-3-5-8-18/h3-16H,1-2H3,(H,25,28)(H2,26,27,29)/b14-12+. The first kappa shape index (κ1) is 21.4. The van der Waals surface area contributed by atoms with Gasteiger partial charge in [0.25, 0.3) is 0 Å². The number of hydrogen-bond acceptors (Lipinski definition) is 4. The lowest BCUT2D eigenvalue weighted by atomic mass is 10.1. The zero-order valence-electron chi connectivity index (χ0n) is 17.2. The van der Waals surface area contributed by atoms with Gasteiger partial charge in [0.15, 0.2) is 0 Å². The van der Waals surface area contributed by atoms with Crippen LogP contribution >= 0.6 is 0 Å². The molecule has 0 saturated heterocycles. The van der Waals surface area contributed by atoms with Crippen molar-refractivity contribution in [3.8, 4) is 11.5 Å². The quantitative estimate of drug-likeness (QED) is 0.472. The molecule has 0 saturated carbocycles. The Hall–Kier alpha value is -4.26. The Morgan fingerprint density at radius 3 is 2.13 bits per heavy atom. The molecule has 0 spiro atoms. The zero-order chi connectivity index (χ0) is 22.1.